The molecule has 19 heteroatoms. The Labute approximate surface area is 677 Å². The Bertz CT molecular complexity index is 2130. The van der Waals surface area contributed by atoms with Crippen LogP contribution in [0, 0.1) is 23.7 Å². The number of unbranched alkanes of at least 4 members (excludes halogenated alkanes) is 54. The van der Waals surface area contributed by atoms with Gasteiger partial charge in [0, 0.05) is 25.7 Å². The van der Waals surface area contributed by atoms with Gasteiger partial charge in [-0.05, 0) is 49.4 Å². The van der Waals surface area contributed by atoms with Crippen LogP contribution in [-0.4, -0.2) is 96.7 Å². The number of hydrogen-bond donors (Lipinski definition) is 3. The quantitative estimate of drug-likeness (QED) is 0.0222. The third-order valence-corrected chi connectivity index (χ3v) is 23.2. The molecular weight excluding hydrogens is 1430 g/mol. The second-order valence-electron chi connectivity index (χ2n) is 34.6. The van der Waals surface area contributed by atoms with E-state index < -0.39 is 97.5 Å². The number of carbonyl (C=O) groups is 4. The van der Waals surface area contributed by atoms with Crippen LogP contribution in [0.4, 0.5) is 0 Å². The van der Waals surface area contributed by atoms with Crippen molar-refractivity contribution in [3.05, 3.63) is 0 Å². The lowest BCUT2D eigenvalue weighted by atomic mass is 10.0. The molecule has 0 aromatic carbocycles. The van der Waals surface area contributed by atoms with Gasteiger partial charge in [-0.2, -0.15) is 0 Å². The minimum atomic E-state index is -4.97. The zero-order chi connectivity index (χ0) is 80.9. The number of esters is 4. The first-order valence-corrected chi connectivity index (χ1v) is 49.7. The van der Waals surface area contributed by atoms with Gasteiger partial charge in [-0.3, -0.25) is 37.3 Å². The second kappa shape index (κ2) is 79.5. The van der Waals surface area contributed by atoms with Crippen molar-refractivity contribution in [1.82, 2.24) is 0 Å². The van der Waals surface area contributed by atoms with Gasteiger partial charge in [-0.15, -0.1) is 0 Å². The highest BCUT2D eigenvalue weighted by molar-refractivity contribution is 7.47. The van der Waals surface area contributed by atoms with Crippen molar-refractivity contribution in [2.45, 2.75) is 497 Å². The van der Waals surface area contributed by atoms with Crippen LogP contribution in [0.3, 0.4) is 0 Å². The number of phosphoric ester groups is 2. The van der Waals surface area contributed by atoms with Gasteiger partial charge in [0.1, 0.15) is 19.3 Å². The molecule has 0 aliphatic rings. The van der Waals surface area contributed by atoms with Crippen molar-refractivity contribution >= 4 is 39.5 Å². The lowest BCUT2D eigenvalue weighted by Crippen LogP contribution is -2.30. The molecule has 0 saturated heterocycles. The molecule has 0 aliphatic heterocycles. The number of carbonyl (C=O) groups excluding carboxylic acids is 4. The van der Waals surface area contributed by atoms with Crippen molar-refractivity contribution in [3.63, 3.8) is 0 Å². The molecule has 0 amide bonds. The SMILES string of the molecule is CC(C)CCCCCCCCCCCCCCCCCCCCC(=O)O[C@H](COC(=O)CCCCCCCCCCCCCCCCCC(C)C)COP(=O)(O)OCC(O)COP(=O)(O)OC[C@@H](COC(=O)CCCCCCCCCC(C)C)OC(=O)CCCCCCCCCCCCCCCCCCCCC(C)C. The van der Waals surface area contributed by atoms with Crippen LogP contribution in [-0.2, 0) is 65.4 Å². The molecule has 3 unspecified atom stereocenters. The zero-order valence-corrected chi connectivity index (χ0v) is 74.7. The van der Waals surface area contributed by atoms with Gasteiger partial charge in [-0.25, -0.2) is 9.13 Å². The fourth-order valence-corrected chi connectivity index (χ4v) is 15.8. The molecule has 0 fully saturated rings. The largest absolute Gasteiger partial charge is 0.472 e. The van der Waals surface area contributed by atoms with E-state index >= 15 is 0 Å². The molecule has 0 heterocycles. The second-order valence-corrected chi connectivity index (χ2v) is 37.5. The van der Waals surface area contributed by atoms with Crippen LogP contribution in [0.15, 0.2) is 0 Å². The lowest BCUT2D eigenvalue weighted by molar-refractivity contribution is -0.161. The summed E-state index contributed by atoms with van der Waals surface area (Å²) in [5, 5.41) is 10.7. The summed E-state index contributed by atoms with van der Waals surface area (Å²) in [6.45, 7) is 14.4. The lowest BCUT2D eigenvalue weighted by Gasteiger charge is -2.21. The average Bonchev–Trinajstić information content (AvgIpc) is 0.898. The van der Waals surface area contributed by atoms with Gasteiger partial charge in [-0.1, -0.05) is 428 Å². The summed E-state index contributed by atoms with van der Waals surface area (Å²) in [6.07, 6.45) is 71.0. The number of hydrogen-bond acceptors (Lipinski definition) is 15. The molecule has 3 N–H and O–H groups in total. The summed E-state index contributed by atoms with van der Waals surface area (Å²) in [5.41, 5.74) is 0. The minimum Gasteiger partial charge on any atom is -0.462 e. The van der Waals surface area contributed by atoms with E-state index in [4.69, 9.17) is 37.0 Å². The highest BCUT2D eigenvalue weighted by atomic mass is 31.2. The Morgan fingerprint density at radius 2 is 0.382 bits per heavy atom. The van der Waals surface area contributed by atoms with Crippen LogP contribution in [0.25, 0.3) is 0 Å². The number of aliphatic hydroxyl groups excluding tert-OH is 1. The van der Waals surface area contributed by atoms with Gasteiger partial charge < -0.3 is 33.8 Å². The summed E-state index contributed by atoms with van der Waals surface area (Å²) < 4.78 is 69.0. The first kappa shape index (κ1) is 108. The predicted molar refractivity (Wildman–Crippen MR) is 455 cm³/mol. The van der Waals surface area contributed by atoms with Gasteiger partial charge in [0.2, 0.25) is 0 Å². The van der Waals surface area contributed by atoms with Crippen molar-refractivity contribution in [2.24, 2.45) is 23.7 Å². The molecule has 0 saturated carbocycles. The maximum absolute atomic E-state index is 13.2. The Morgan fingerprint density at radius 3 is 0.564 bits per heavy atom. The van der Waals surface area contributed by atoms with Crippen LogP contribution in [0.1, 0.15) is 479 Å². The number of phosphoric acid groups is 2. The molecule has 5 atom stereocenters. The van der Waals surface area contributed by atoms with Crippen molar-refractivity contribution in [1.29, 1.82) is 0 Å². The fourth-order valence-electron chi connectivity index (χ4n) is 14.2. The van der Waals surface area contributed by atoms with Gasteiger partial charge in [0.05, 0.1) is 26.4 Å². The molecule has 654 valence electrons. The number of ether oxygens (including phenoxy) is 4. The maximum Gasteiger partial charge on any atom is 0.472 e. The van der Waals surface area contributed by atoms with Crippen LogP contribution in [0.5, 0.6) is 0 Å². The van der Waals surface area contributed by atoms with Crippen molar-refractivity contribution < 1.29 is 80.2 Å². The standard InChI is InChI=1S/C91H178O17P2/c1-81(2)67-59-51-43-36-30-24-18-13-9-11-15-21-28-34-40-48-57-65-73-90(95)107-86(77-101-88(93)71-63-55-47-39-33-27-23-17-20-26-32-38-45-53-61-69-83(5)6)79-105-109(97,98)103-75-85(92)76-104-110(99,100)106-80-87(78-102-89(94)72-64-56-50-42-46-54-62-70-84(7)8)108-91(96)74-66-58-49-41-35-29-22-16-12-10-14-19-25-31-37-44-52-60-68-82(3)4/h81-87,92H,9-80H2,1-8H3,(H,97,98)(H,99,100)/t85?,86-,87-/m1/s1. The van der Waals surface area contributed by atoms with E-state index in [-0.39, 0.29) is 25.7 Å². The summed E-state index contributed by atoms with van der Waals surface area (Å²) in [5.74, 6) is 1.05. The summed E-state index contributed by atoms with van der Waals surface area (Å²) in [4.78, 5) is 73.4. The van der Waals surface area contributed by atoms with Crippen molar-refractivity contribution in [2.75, 3.05) is 39.6 Å². The molecule has 110 heavy (non-hydrogen) atoms. The van der Waals surface area contributed by atoms with Crippen LogP contribution in [0.2, 0.25) is 0 Å². The normalized spacial score (nSPS) is 13.8. The molecule has 0 aliphatic carbocycles. The first-order chi connectivity index (χ1) is 53.1. The Balaban J connectivity index is 5.21. The van der Waals surface area contributed by atoms with E-state index in [2.05, 4.69) is 55.4 Å². The van der Waals surface area contributed by atoms with Crippen LogP contribution >= 0.6 is 15.6 Å². The Kier molecular flexibility index (Phi) is 78.1. The summed E-state index contributed by atoms with van der Waals surface area (Å²) in [7, 11) is -9.94. The molecule has 0 bridgehead atoms. The maximum atomic E-state index is 13.2. The van der Waals surface area contributed by atoms with E-state index in [0.717, 1.165) is 114 Å². The molecular formula is C91H178O17P2. The highest BCUT2D eigenvalue weighted by Gasteiger charge is 2.31. The average molecular weight is 1610 g/mol. The third-order valence-electron chi connectivity index (χ3n) is 21.3. The summed E-state index contributed by atoms with van der Waals surface area (Å²) >= 11 is 0. The molecule has 0 spiro atoms. The fraction of sp³-hybridized carbons (Fsp3) is 0.956. The van der Waals surface area contributed by atoms with Gasteiger partial charge in [0.15, 0.2) is 12.2 Å². The first-order valence-electron chi connectivity index (χ1n) is 46.7. The minimum absolute atomic E-state index is 0.107. The topological polar surface area (TPSA) is 237 Å². The Hall–Kier alpha value is -1.94. The van der Waals surface area contributed by atoms with Crippen molar-refractivity contribution in [3.8, 4) is 0 Å². The summed E-state index contributed by atoms with van der Waals surface area (Å²) in [6, 6.07) is 0. The van der Waals surface area contributed by atoms with Crippen LogP contribution < -0.4 is 0 Å². The zero-order valence-electron chi connectivity index (χ0n) is 72.9. The number of aliphatic hydroxyl groups is 1. The van der Waals surface area contributed by atoms with Gasteiger partial charge >= 0.3 is 39.5 Å². The van der Waals surface area contributed by atoms with E-state index in [1.54, 1.807) is 0 Å². The van der Waals surface area contributed by atoms with E-state index in [9.17, 15) is 43.2 Å². The molecule has 0 rings (SSSR count). The molecule has 0 aromatic rings. The monoisotopic (exact) mass is 1610 g/mol. The smallest absolute Gasteiger partial charge is 0.462 e. The molecule has 0 aromatic heterocycles. The Morgan fingerprint density at radius 1 is 0.227 bits per heavy atom. The number of rotatable bonds is 88. The molecule has 0 radical (unpaired) electrons. The van der Waals surface area contributed by atoms with E-state index in [0.29, 0.717) is 31.6 Å². The van der Waals surface area contributed by atoms with E-state index in [1.165, 1.54) is 276 Å². The highest BCUT2D eigenvalue weighted by Crippen LogP contribution is 2.45. The van der Waals surface area contributed by atoms with Gasteiger partial charge in [0.25, 0.3) is 0 Å². The predicted octanol–water partition coefficient (Wildman–Crippen LogP) is 27.9. The van der Waals surface area contributed by atoms with E-state index in [1.807, 2.05) is 0 Å². The third kappa shape index (κ3) is 84.0. The molecule has 17 nitrogen and oxygen atoms in total.